The van der Waals surface area contributed by atoms with Crippen LogP contribution in [0.3, 0.4) is 0 Å². The van der Waals surface area contributed by atoms with Gasteiger partial charge in [-0.1, -0.05) is 29.8 Å². The Morgan fingerprint density at radius 3 is 2.43 bits per heavy atom. The van der Waals surface area contributed by atoms with Gasteiger partial charge < -0.3 is 14.9 Å². The average Bonchev–Trinajstić information content (AvgIpc) is 2.46. The van der Waals surface area contributed by atoms with E-state index >= 15 is 0 Å². The minimum Gasteiger partial charge on any atom is -0.487 e. The smallest absolute Gasteiger partial charge is 0.335 e. The first-order chi connectivity index (χ1) is 9.97. The molecule has 0 aliphatic carbocycles. The molecule has 2 N–H and O–H groups in total. The number of rotatable bonds is 5. The molecule has 1 atom stereocenters. The van der Waals surface area contributed by atoms with Gasteiger partial charge in [-0.05, 0) is 42.3 Å². The molecule has 0 amide bonds. The van der Waals surface area contributed by atoms with Crippen molar-refractivity contribution in [1.29, 1.82) is 0 Å². The van der Waals surface area contributed by atoms with Crippen molar-refractivity contribution in [3.63, 3.8) is 0 Å². The number of carbonyl (C=O) groups is 1. The highest BCUT2D eigenvalue weighted by Gasteiger charge is 2.07. The van der Waals surface area contributed by atoms with Crippen molar-refractivity contribution < 1.29 is 19.7 Å². The van der Waals surface area contributed by atoms with Crippen LogP contribution >= 0.6 is 11.6 Å². The number of aliphatic hydroxyl groups is 1. The van der Waals surface area contributed by atoms with Crippen molar-refractivity contribution in [3.8, 4) is 5.75 Å². The van der Waals surface area contributed by atoms with E-state index in [1.54, 1.807) is 37.3 Å². The monoisotopic (exact) mass is 306 g/mol. The standard InChI is InChI=1S/C16H15ClO4/c1-10(18)13-6-7-15(14(17)8-13)21-9-11-2-4-12(5-3-11)16(19)20/h2-8,10,18H,9H2,1H3,(H,19,20). The van der Waals surface area contributed by atoms with E-state index in [2.05, 4.69) is 0 Å². The molecule has 2 aromatic rings. The van der Waals surface area contributed by atoms with E-state index in [0.29, 0.717) is 10.8 Å². The summed E-state index contributed by atoms with van der Waals surface area (Å²) in [7, 11) is 0. The molecule has 2 aromatic carbocycles. The van der Waals surface area contributed by atoms with Gasteiger partial charge >= 0.3 is 5.97 Å². The van der Waals surface area contributed by atoms with Crippen molar-refractivity contribution >= 4 is 17.6 Å². The van der Waals surface area contributed by atoms with Gasteiger partial charge in [0.15, 0.2) is 0 Å². The van der Waals surface area contributed by atoms with Crippen LogP contribution in [-0.4, -0.2) is 16.2 Å². The Balaban J connectivity index is 2.04. The first-order valence-corrected chi connectivity index (χ1v) is 6.77. The van der Waals surface area contributed by atoms with Crippen LogP contribution in [0.15, 0.2) is 42.5 Å². The molecule has 0 spiro atoms. The van der Waals surface area contributed by atoms with Crippen molar-refractivity contribution in [2.75, 3.05) is 0 Å². The predicted molar refractivity (Wildman–Crippen MR) is 79.8 cm³/mol. The fraction of sp³-hybridized carbons (Fsp3) is 0.188. The molecule has 0 aromatic heterocycles. The first kappa shape index (κ1) is 15.4. The number of ether oxygens (including phenoxy) is 1. The summed E-state index contributed by atoms with van der Waals surface area (Å²) in [6.45, 7) is 1.95. The van der Waals surface area contributed by atoms with Gasteiger partial charge in [-0.3, -0.25) is 0 Å². The lowest BCUT2D eigenvalue weighted by Gasteiger charge is -2.11. The normalized spacial score (nSPS) is 12.0. The van der Waals surface area contributed by atoms with Crippen LogP contribution in [0.1, 0.15) is 34.5 Å². The number of hydrogen-bond acceptors (Lipinski definition) is 3. The molecule has 0 aliphatic rings. The zero-order valence-electron chi connectivity index (χ0n) is 11.4. The van der Waals surface area contributed by atoms with E-state index < -0.39 is 12.1 Å². The molecule has 0 fully saturated rings. The largest absolute Gasteiger partial charge is 0.487 e. The number of hydrogen-bond donors (Lipinski definition) is 2. The minimum atomic E-state index is -0.959. The van der Waals surface area contributed by atoms with Crippen LogP contribution in [0.25, 0.3) is 0 Å². The summed E-state index contributed by atoms with van der Waals surface area (Å²) in [5.74, 6) is -0.442. The van der Waals surface area contributed by atoms with Gasteiger partial charge in [0.25, 0.3) is 0 Å². The Kier molecular flexibility index (Phi) is 4.83. The molecule has 4 nitrogen and oxygen atoms in total. The minimum absolute atomic E-state index is 0.234. The topological polar surface area (TPSA) is 66.8 Å². The highest BCUT2D eigenvalue weighted by molar-refractivity contribution is 6.32. The third-order valence-electron chi connectivity index (χ3n) is 3.03. The molecule has 5 heteroatoms. The second-order valence-corrected chi connectivity index (χ2v) is 5.06. The number of benzene rings is 2. The van der Waals surface area contributed by atoms with Crippen molar-refractivity contribution in [2.24, 2.45) is 0 Å². The lowest BCUT2D eigenvalue weighted by molar-refractivity contribution is 0.0697. The first-order valence-electron chi connectivity index (χ1n) is 6.40. The molecule has 110 valence electrons. The summed E-state index contributed by atoms with van der Waals surface area (Å²) in [5, 5.41) is 18.7. The number of aromatic carboxylic acids is 1. The predicted octanol–water partition coefficient (Wildman–Crippen LogP) is 3.67. The molecule has 0 saturated heterocycles. The second-order valence-electron chi connectivity index (χ2n) is 4.66. The lowest BCUT2D eigenvalue weighted by atomic mass is 10.1. The van der Waals surface area contributed by atoms with Crippen LogP contribution in [-0.2, 0) is 6.61 Å². The summed E-state index contributed by atoms with van der Waals surface area (Å²) in [5.41, 5.74) is 1.80. The maximum atomic E-state index is 10.8. The van der Waals surface area contributed by atoms with Crippen molar-refractivity contribution in [1.82, 2.24) is 0 Å². The molecule has 0 heterocycles. The molecule has 21 heavy (non-hydrogen) atoms. The van der Waals surface area contributed by atoms with E-state index in [-0.39, 0.29) is 12.2 Å². The maximum absolute atomic E-state index is 10.8. The molecular formula is C16H15ClO4. The van der Waals surface area contributed by atoms with E-state index in [9.17, 15) is 9.90 Å². The Morgan fingerprint density at radius 1 is 1.24 bits per heavy atom. The number of carboxylic acids is 1. The van der Waals surface area contributed by atoms with Gasteiger partial charge in [-0.25, -0.2) is 4.79 Å². The molecular weight excluding hydrogens is 292 g/mol. The quantitative estimate of drug-likeness (QED) is 0.884. The van der Waals surface area contributed by atoms with Gasteiger partial charge in [0.05, 0.1) is 16.7 Å². The van der Waals surface area contributed by atoms with E-state index in [4.69, 9.17) is 21.4 Å². The summed E-state index contributed by atoms with van der Waals surface area (Å²) >= 11 is 6.09. The fourth-order valence-electron chi connectivity index (χ4n) is 1.80. The van der Waals surface area contributed by atoms with Crippen LogP contribution in [0.2, 0.25) is 5.02 Å². The van der Waals surface area contributed by atoms with Gasteiger partial charge in [0, 0.05) is 0 Å². The second kappa shape index (κ2) is 6.61. The van der Waals surface area contributed by atoms with Crippen molar-refractivity contribution in [3.05, 3.63) is 64.2 Å². The van der Waals surface area contributed by atoms with Crippen LogP contribution < -0.4 is 4.74 Å². The molecule has 2 rings (SSSR count). The number of aliphatic hydroxyl groups excluding tert-OH is 1. The highest BCUT2D eigenvalue weighted by Crippen LogP contribution is 2.28. The Bertz CT molecular complexity index is 635. The lowest BCUT2D eigenvalue weighted by Crippen LogP contribution is -1.99. The molecule has 0 saturated carbocycles. The summed E-state index contributed by atoms with van der Waals surface area (Å²) in [6, 6.07) is 11.6. The van der Waals surface area contributed by atoms with Gasteiger partial charge in [-0.2, -0.15) is 0 Å². The Labute approximate surface area is 127 Å². The number of halogens is 1. The summed E-state index contributed by atoms with van der Waals surface area (Å²) in [4.78, 5) is 10.8. The fourth-order valence-corrected chi connectivity index (χ4v) is 2.04. The SMILES string of the molecule is CC(O)c1ccc(OCc2ccc(C(=O)O)cc2)c(Cl)c1. The highest BCUT2D eigenvalue weighted by atomic mass is 35.5. The molecule has 0 radical (unpaired) electrons. The Morgan fingerprint density at radius 2 is 1.90 bits per heavy atom. The van der Waals surface area contributed by atoms with Crippen LogP contribution in [0.4, 0.5) is 0 Å². The van der Waals surface area contributed by atoms with E-state index in [1.807, 2.05) is 0 Å². The molecule has 1 unspecified atom stereocenters. The summed E-state index contributed by atoms with van der Waals surface area (Å²) in [6.07, 6.45) is -0.583. The van der Waals surface area contributed by atoms with Gasteiger partial charge in [0.1, 0.15) is 12.4 Å². The van der Waals surface area contributed by atoms with Crippen LogP contribution in [0, 0.1) is 0 Å². The molecule has 0 bridgehead atoms. The maximum Gasteiger partial charge on any atom is 0.335 e. The van der Waals surface area contributed by atoms with E-state index in [0.717, 1.165) is 11.1 Å². The van der Waals surface area contributed by atoms with Crippen LogP contribution in [0.5, 0.6) is 5.75 Å². The van der Waals surface area contributed by atoms with E-state index in [1.165, 1.54) is 12.1 Å². The number of carboxylic acid groups (broad SMARTS) is 1. The summed E-state index contributed by atoms with van der Waals surface area (Å²) < 4.78 is 5.60. The third kappa shape index (κ3) is 3.97. The molecule has 0 aliphatic heterocycles. The zero-order valence-corrected chi connectivity index (χ0v) is 12.2. The zero-order chi connectivity index (χ0) is 15.4. The Hall–Kier alpha value is -2.04. The average molecular weight is 307 g/mol. The van der Waals surface area contributed by atoms with Gasteiger partial charge in [0.2, 0.25) is 0 Å². The van der Waals surface area contributed by atoms with Crippen molar-refractivity contribution in [2.45, 2.75) is 19.6 Å². The third-order valence-corrected chi connectivity index (χ3v) is 3.33. The van der Waals surface area contributed by atoms with Gasteiger partial charge in [-0.15, -0.1) is 0 Å².